The van der Waals surface area contributed by atoms with E-state index in [1.165, 1.54) is 0 Å². The molecule has 0 bridgehead atoms. The van der Waals surface area contributed by atoms with Crippen LogP contribution >= 0.6 is 23.4 Å². The standard InChI is InChI=1S/C16H24ClN3O2S/c1-23-11-9-19-5-7-20(8-6-19)16(21)14-12-13(17)2-3-15(14)22-10-4-18/h2-3,12H,4-11,18H2,1H3. The Hall–Kier alpha value is -0.950. The number of amides is 1. The van der Waals surface area contributed by atoms with Gasteiger partial charge in [-0.05, 0) is 24.5 Å². The molecular formula is C16H24ClN3O2S. The molecule has 0 spiro atoms. The van der Waals surface area contributed by atoms with Gasteiger partial charge in [-0.1, -0.05) is 11.6 Å². The van der Waals surface area contributed by atoms with Gasteiger partial charge in [0, 0.05) is 50.0 Å². The second-order valence-electron chi connectivity index (χ2n) is 5.40. The first-order valence-electron chi connectivity index (χ1n) is 7.78. The number of benzene rings is 1. The molecule has 1 aromatic rings. The molecule has 2 rings (SSSR count). The van der Waals surface area contributed by atoms with Gasteiger partial charge in [-0.2, -0.15) is 11.8 Å². The fourth-order valence-electron chi connectivity index (χ4n) is 2.53. The predicted molar refractivity (Wildman–Crippen MR) is 96.7 cm³/mol. The van der Waals surface area contributed by atoms with Gasteiger partial charge in [0.05, 0.1) is 5.56 Å². The monoisotopic (exact) mass is 357 g/mol. The van der Waals surface area contributed by atoms with Crippen molar-refractivity contribution < 1.29 is 9.53 Å². The number of hydrogen-bond acceptors (Lipinski definition) is 5. The highest BCUT2D eigenvalue weighted by Crippen LogP contribution is 2.25. The van der Waals surface area contributed by atoms with Crippen LogP contribution in [0, 0.1) is 0 Å². The molecule has 7 heteroatoms. The van der Waals surface area contributed by atoms with Crippen molar-refractivity contribution in [2.45, 2.75) is 0 Å². The summed E-state index contributed by atoms with van der Waals surface area (Å²) in [6.45, 7) is 5.14. The zero-order chi connectivity index (χ0) is 16.7. The Labute approximate surface area is 147 Å². The van der Waals surface area contributed by atoms with E-state index >= 15 is 0 Å². The summed E-state index contributed by atoms with van der Waals surface area (Å²) in [6, 6.07) is 5.14. The van der Waals surface area contributed by atoms with Gasteiger partial charge in [0.2, 0.25) is 0 Å². The van der Waals surface area contributed by atoms with E-state index in [9.17, 15) is 4.79 Å². The van der Waals surface area contributed by atoms with Crippen LogP contribution in [0.25, 0.3) is 0 Å². The number of halogens is 1. The highest BCUT2D eigenvalue weighted by atomic mass is 35.5. The van der Waals surface area contributed by atoms with E-state index in [0.717, 1.165) is 38.5 Å². The van der Waals surface area contributed by atoms with Crippen LogP contribution in [-0.4, -0.2) is 73.6 Å². The Morgan fingerprint density at radius 2 is 2.09 bits per heavy atom. The van der Waals surface area contributed by atoms with Crippen LogP contribution in [0.1, 0.15) is 10.4 Å². The molecule has 0 atom stereocenters. The van der Waals surface area contributed by atoms with Crippen molar-refractivity contribution in [3.05, 3.63) is 28.8 Å². The molecule has 1 aliphatic rings. The van der Waals surface area contributed by atoms with E-state index in [1.54, 1.807) is 18.2 Å². The zero-order valence-corrected chi connectivity index (χ0v) is 15.0. The van der Waals surface area contributed by atoms with Gasteiger partial charge in [-0.15, -0.1) is 0 Å². The number of piperazine rings is 1. The number of rotatable bonds is 7. The average Bonchev–Trinajstić information content (AvgIpc) is 2.58. The number of hydrogen-bond donors (Lipinski definition) is 1. The lowest BCUT2D eigenvalue weighted by molar-refractivity contribution is 0.0640. The third kappa shape index (κ3) is 5.28. The molecule has 2 N–H and O–H groups in total. The summed E-state index contributed by atoms with van der Waals surface area (Å²) in [6.07, 6.45) is 2.11. The molecule has 1 aromatic carbocycles. The highest BCUT2D eigenvalue weighted by molar-refractivity contribution is 7.98. The number of thioether (sulfide) groups is 1. The molecule has 0 radical (unpaired) electrons. The molecule has 1 saturated heterocycles. The Bertz CT molecular complexity index is 522. The fourth-order valence-corrected chi connectivity index (χ4v) is 3.14. The van der Waals surface area contributed by atoms with Crippen molar-refractivity contribution >= 4 is 29.3 Å². The van der Waals surface area contributed by atoms with E-state index in [0.29, 0.717) is 29.5 Å². The number of carbonyl (C=O) groups excluding carboxylic acids is 1. The summed E-state index contributed by atoms with van der Waals surface area (Å²) < 4.78 is 5.58. The van der Waals surface area contributed by atoms with Crippen molar-refractivity contribution in [1.82, 2.24) is 9.80 Å². The van der Waals surface area contributed by atoms with Gasteiger partial charge in [-0.3, -0.25) is 9.69 Å². The van der Waals surface area contributed by atoms with Gasteiger partial charge in [-0.25, -0.2) is 0 Å². The van der Waals surface area contributed by atoms with Crippen LogP contribution in [-0.2, 0) is 0 Å². The highest BCUT2D eigenvalue weighted by Gasteiger charge is 2.24. The van der Waals surface area contributed by atoms with Gasteiger partial charge < -0.3 is 15.4 Å². The molecule has 0 aromatic heterocycles. The molecule has 0 saturated carbocycles. The van der Waals surface area contributed by atoms with Gasteiger partial charge in [0.1, 0.15) is 12.4 Å². The molecular weight excluding hydrogens is 334 g/mol. The Balaban J connectivity index is 2.01. The first kappa shape index (κ1) is 18.4. The van der Waals surface area contributed by atoms with Crippen LogP contribution in [0.2, 0.25) is 5.02 Å². The molecule has 1 fully saturated rings. The number of nitrogens with two attached hydrogens (primary N) is 1. The molecule has 1 amide bonds. The van der Waals surface area contributed by atoms with Crippen molar-refractivity contribution in [1.29, 1.82) is 0 Å². The van der Waals surface area contributed by atoms with E-state index in [4.69, 9.17) is 22.1 Å². The largest absolute Gasteiger partial charge is 0.491 e. The van der Waals surface area contributed by atoms with Crippen LogP contribution < -0.4 is 10.5 Å². The number of nitrogens with zero attached hydrogens (tertiary/aromatic N) is 2. The van der Waals surface area contributed by atoms with Crippen LogP contribution in [0.15, 0.2) is 18.2 Å². The molecule has 23 heavy (non-hydrogen) atoms. The summed E-state index contributed by atoms with van der Waals surface area (Å²) in [5.74, 6) is 1.65. The maximum absolute atomic E-state index is 12.8. The minimum atomic E-state index is -0.0240. The number of carbonyl (C=O) groups is 1. The number of ether oxygens (including phenoxy) is 1. The van der Waals surface area contributed by atoms with E-state index in [-0.39, 0.29) is 5.91 Å². The van der Waals surface area contributed by atoms with E-state index < -0.39 is 0 Å². The van der Waals surface area contributed by atoms with Crippen molar-refractivity contribution in [3.8, 4) is 5.75 Å². The minimum Gasteiger partial charge on any atom is -0.491 e. The third-order valence-electron chi connectivity index (χ3n) is 3.82. The summed E-state index contributed by atoms with van der Waals surface area (Å²) in [5.41, 5.74) is 5.99. The smallest absolute Gasteiger partial charge is 0.257 e. The topological polar surface area (TPSA) is 58.8 Å². The summed E-state index contributed by atoms with van der Waals surface area (Å²) in [5, 5.41) is 0.534. The van der Waals surface area contributed by atoms with Crippen LogP contribution in [0.4, 0.5) is 0 Å². The van der Waals surface area contributed by atoms with Gasteiger partial charge in [0.15, 0.2) is 0 Å². The van der Waals surface area contributed by atoms with E-state index in [2.05, 4.69) is 11.2 Å². The molecule has 1 heterocycles. The van der Waals surface area contributed by atoms with Gasteiger partial charge in [0.25, 0.3) is 5.91 Å². The Morgan fingerprint density at radius 1 is 1.35 bits per heavy atom. The lowest BCUT2D eigenvalue weighted by Crippen LogP contribution is -2.49. The summed E-state index contributed by atoms with van der Waals surface area (Å²) >= 11 is 7.90. The van der Waals surface area contributed by atoms with Gasteiger partial charge >= 0.3 is 0 Å². The first-order chi connectivity index (χ1) is 11.2. The Kier molecular flexibility index (Phi) is 7.49. The normalized spacial score (nSPS) is 15.7. The summed E-state index contributed by atoms with van der Waals surface area (Å²) in [7, 11) is 0. The molecule has 0 aliphatic carbocycles. The first-order valence-corrected chi connectivity index (χ1v) is 9.56. The second-order valence-corrected chi connectivity index (χ2v) is 6.83. The molecule has 128 valence electrons. The SMILES string of the molecule is CSCCN1CCN(C(=O)c2cc(Cl)ccc2OCCN)CC1. The molecule has 0 unspecified atom stereocenters. The molecule has 1 aliphatic heterocycles. The second kappa shape index (κ2) is 9.37. The van der Waals surface area contributed by atoms with Crippen molar-refractivity contribution in [2.24, 2.45) is 5.73 Å². The van der Waals surface area contributed by atoms with Crippen molar-refractivity contribution in [3.63, 3.8) is 0 Å². The summed E-state index contributed by atoms with van der Waals surface area (Å²) in [4.78, 5) is 17.1. The average molecular weight is 358 g/mol. The van der Waals surface area contributed by atoms with Crippen molar-refractivity contribution in [2.75, 3.05) is 57.9 Å². The molecule has 5 nitrogen and oxygen atoms in total. The predicted octanol–water partition coefficient (Wildman–Crippen LogP) is 1.80. The van der Waals surface area contributed by atoms with Crippen LogP contribution in [0.5, 0.6) is 5.75 Å². The quantitative estimate of drug-likeness (QED) is 0.806. The minimum absolute atomic E-state index is 0.0240. The maximum atomic E-state index is 12.8. The van der Waals surface area contributed by atoms with E-state index in [1.807, 2.05) is 16.7 Å². The lowest BCUT2D eigenvalue weighted by atomic mass is 10.1. The zero-order valence-electron chi connectivity index (χ0n) is 13.5. The fraction of sp³-hybridized carbons (Fsp3) is 0.562. The lowest BCUT2D eigenvalue weighted by Gasteiger charge is -2.34. The third-order valence-corrected chi connectivity index (χ3v) is 4.64. The Morgan fingerprint density at radius 3 is 2.74 bits per heavy atom. The van der Waals surface area contributed by atoms with Crippen LogP contribution in [0.3, 0.4) is 0 Å². The maximum Gasteiger partial charge on any atom is 0.257 e.